The van der Waals surface area contributed by atoms with Gasteiger partial charge in [-0.05, 0) is 74.6 Å². The second kappa shape index (κ2) is 8.76. The molecule has 2 aromatic carbocycles. The number of allylic oxidation sites excluding steroid dienone is 1. The van der Waals surface area contributed by atoms with E-state index in [2.05, 4.69) is 34.9 Å². The lowest BCUT2D eigenvalue weighted by atomic mass is 9.91. The van der Waals surface area contributed by atoms with Gasteiger partial charge in [-0.25, -0.2) is 4.39 Å². The molecule has 1 saturated heterocycles. The highest BCUT2D eigenvalue weighted by Crippen LogP contribution is 2.44. The molecule has 0 spiro atoms. The highest BCUT2D eigenvalue weighted by atomic mass is 19.1. The molecule has 33 heavy (non-hydrogen) atoms. The van der Waals surface area contributed by atoms with E-state index in [-0.39, 0.29) is 11.7 Å². The van der Waals surface area contributed by atoms with Crippen LogP contribution in [0.3, 0.4) is 0 Å². The summed E-state index contributed by atoms with van der Waals surface area (Å²) >= 11 is 0. The molecule has 1 fully saturated rings. The molecule has 0 bridgehead atoms. The van der Waals surface area contributed by atoms with Gasteiger partial charge >= 0.3 is 0 Å². The fourth-order valence-corrected chi connectivity index (χ4v) is 4.78. The number of hydrogen-bond acceptors (Lipinski definition) is 4. The van der Waals surface area contributed by atoms with Crippen LogP contribution >= 0.6 is 0 Å². The SMILES string of the molecule is CC1(C)O/C(=C2/C(=O)Nc3ccc(F)cc32)C=C1c1ccc(CNCC2CCOCC2)cc1. The molecule has 2 aromatic rings. The lowest BCUT2D eigenvalue weighted by Gasteiger charge is -2.24. The predicted molar refractivity (Wildman–Crippen MR) is 127 cm³/mol. The molecule has 172 valence electrons. The van der Waals surface area contributed by atoms with E-state index in [1.54, 1.807) is 6.07 Å². The van der Waals surface area contributed by atoms with E-state index in [0.29, 0.717) is 28.5 Å². The Hall–Kier alpha value is -2.96. The van der Waals surface area contributed by atoms with Crippen molar-refractivity contribution in [3.63, 3.8) is 0 Å². The topological polar surface area (TPSA) is 59.6 Å². The smallest absolute Gasteiger partial charge is 0.260 e. The molecule has 0 aliphatic carbocycles. The Bertz CT molecular complexity index is 1130. The Labute approximate surface area is 193 Å². The number of rotatable bonds is 5. The summed E-state index contributed by atoms with van der Waals surface area (Å²) < 4.78 is 25.5. The van der Waals surface area contributed by atoms with Gasteiger partial charge in [0.1, 0.15) is 17.2 Å². The van der Waals surface area contributed by atoms with Gasteiger partial charge < -0.3 is 20.1 Å². The minimum Gasteiger partial charge on any atom is -0.482 e. The molecule has 0 radical (unpaired) electrons. The molecule has 0 aromatic heterocycles. The summed E-state index contributed by atoms with van der Waals surface area (Å²) in [4.78, 5) is 12.6. The van der Waals surface area contributed by atoms with Gasteiger partial charge in [-0.15, -0.1) is 0 Å². The lowest BCUT2D eigenvalue weighted by Crippen LogP contribution is -2.27. The first-order valence-corrected chi connectivity index (χ1v) is 11.6. The summed E-state index contributed by atoms with van der Waals surface area (Å²) in [5.41, 5.74) is 4.16. The van der Waals surface area contributed by atoms with Crippen molar-refractivity contribution in [1.82, 2.24) is 5.32 Å². The maximum atomic E-state index is 13.8. The van der Waals surface area contributed by atoms with Crippen molar-refractivity contribution in [2.45, 2.75) is 38.8 Å². The van der Waals surface area contributed by atoms with Crippen molar-refractivity contribution in [3.05, 3.63) is 76.8 Å². The Morgan fingerprint density at radius 1 is 1.12 bits per heavy atom. The Morgan fingerprint density at radius 3 is 2.64 bits per heavy atom. The molecule has 5 rings (SSSR count). The van der Waals surface area contributed by atoms with Crippen LogP contribution in [-0.4, -0.2) is 31.3 Å². The molecule has 5 nitrogen and oxygen atoms in total. The van der Waals surface area contributed by atoms with Gasteiger partial charge in [0.2, 0.25) is 0 Å². The number of carbonyl (C=O) groups is 1. The number of hydrogen-bond donors (Lipinski definition) is 2. The first kappa shape index (κ1) is 21.9. The van der Waals surface area contributed by atoms with Crippen LogP contribution in [0.4, 0.5) is 10.1 Å². The number of carbonyl (C=O) groups excluding carboxylic acids is 1. The minimum atomic E-state index is -0.610. The van der Waals surface area contributed by atoms with E-state index in [9.17, 15) is 9.18 Å². The maximum Gasteiger partial charge on any atom is 0.260 e. The fraction of sp³-hybridized carbons (Fsp3) is 0.370. The first-order valence-electron chi connectivity index (χ1n) is 11.6. The van der Waals surface area contributed by atoms with Crippen molar-refractivity contribution in [2.24, 2.45) is 5.92 Å². The Kier molecular flexibility index (Phi) is 5.81. The molecule has 2 N–H and O–H groups in total. The van der Waals surface area contributed by atoms with Crippen LogP contribution in [0.5, 0.6) is 0 Å². The van der Waals surface area contributed by atoms with Crippen LogP contribution in [0.1, 0.15) is 43.4 Å². The van der Waals surface area contributed by atoms with Crippen LogP contribution in [0.2, 0.25) is 0 Å². The van der Waals surface area contributed by atoms with Crippen LogP contribution in [0.15, 0.2) is 54.3 Å². The normalized spacial score (nSPS) is 22.0. The third-order valence-electron chi connectivity index (χ3n) is 6.63. The Morgan fingerprint density at radius 2 is 1.88 bits per heavy atom. The largest absolute Gasteiger partial charge is 0.482 e. The summed E-state index contributed by atoms with van der Waals surface area (Å²) in [7, 11) is 0. The van der Waals surface area contributed by atoms with Gasteiger partial charge in [-0.3, -0.25) is 4.79 Å². The van der Waals surface area contributed by atoms with E-state index in [4.69, 9.17) is 9.47 Å². The summed E-state index contributed by atoms with van der Waals surface area (Å²) in [6.45, 7) is 7.54. The number of halogens is 1. The van der Waals surface area contributed by atoms with Crippen molar-refractivity contribution >= 4 is 22.7 Å². The van der Waals surface area contributed by atoms with Crippen molar-refractivity contribution in [3.8, 4) is 0 Å². The number of ether oxygens (including phenoxy) is 2. The van der Waals surface area contributed by atoms with Gasteiger partial charge in [-0.1, -0.05) is 24.3 Å². The molecule has 0 unspecified atom stereocenters. The van der Waals surface area contributed by atoms with Crippen LogP contribution < -0.4 is 10.6 Å². The molecule has 3 aliphatic rings. The Balaban J connectivity index is 1.35. The van der Waals surface area contributed by atoms with Crippen molar-refractivity contribution < 1.29 is 18.7 Å². The van der Waals surface area contributed by atoms with Gasteiger partial charge in [0.15, 0.2) is 0 Å². The third kappa shape index (κ3) is 4.45. The monoisotopic (exact) mass is 448 g/mol. The molecule has 3 heterocycles. The molecule has 1 amide bonds. The first-order chi connectivity index (χ1) is 15.9. The molecule has 0 saturated carbocycles. The molecular weight excluding hydrogens is 419 g/mol. The number of fused-ring (bicyclic) bond motifs is 1. The van der Waals surface area contributed by atoms with E-state index in [0.717, 1.165) is 50.3 Å². The molecule has 6 heteroatoms. The van der Waals surface area contributed by atoms with Crippen molar-refractivity contribution in [1.29, 1.82) is 0 Å². The zero-order chi connectivity index (χ0) is 23.0. The summed E-state index contributed by atoms with van der Waals surface area (Å²) in [5, 5.41) is 6.36. The molecule has 3 aliphatic heterocycles. The maximum absolute atomic E-state index is 13.8. The van der Waals surface area contributed by atoms with E-state index < -0.39 is 5.60 Å². The number of anilines is 1. The number of nitrogens with one attached hydrogen (secondary N) is 2. The van der Waals surface area contributed by atoms with Gasteiger partial charge in [-0.2, -0.15) is 0 Å². The van der Waals surface area contributed by atoms with Gasteiger partial charge in [0.25, 0.3) is 5.91 Å². The second-order valence-corrected chi connectivity index (χ2v) is 9.44. The van der Waals surface area contributed by atoms with Gasteiger partial charge in [0.05, 0.1) is 5.57 Å². The zero-order valence-electron chi connectivity index (χ0n) is 19.0. The summed E-state index contributed by atoms with van der Waals surface area (Å²) in [6.07, 6.45) is 4.16. The van der Waals surface area contributed by atoms with E-state index in [1.165, 1.54) is 17.7 Å². The lowest BCUT2D eigenvalue weighted by molar-refractivity contribution is -0.111. The average Bonchev–Trinajstić information content (AvgIpc) is 3.29. The third-order valence-corrected chi connectivity index (χ3v) is 6.63. The predicted octanol–water partition coefficient (Wildman–Crippen LogP) is 4.90. The van der Waals surface area contributed by atoms with Gasteiger partial charge in [0, 0.05) is 36.6 Å². The van der Waals surface area contributed by atoms with Crippen LogP contribution in [-0.2, 0) is 20.8 Å². The van der Waals surface area contributed by atoms with Crippen LogP contribution in [0, 0.1) is 11.7 Å². The van der Waals surface area contributed by atoms with E-state index >= 15 is 0 Å². The average molecular weight is 449 g/mol. The second-order valence-electron chi connectivity index (χ2n) is 9.44. The fourth-order valence-electron chi connectivity index (χ4n) is 4.78. The van der Waals surface area contributed by atoms with Crippen molar-refractivity contribution in [2.75, 3.05) is 25.1 Å². The summed E-state index contributed by atoms with van der Waals surface area (Å²) in [6, 6.07) is 12.7. The highest BCUT2D eigenvalue weighted by Gasteiger charge is 2.38. The number of benzene rings is 2. The molecule has 0 atom stereocenters. The quantitative estimate of drug-likeness (QED) is 0.639. The highest BCUT2D eigenvalue weighted by molar-refractivity contribution is 6.32. The zero-order valence-corrected chi connectivity index (χ0v) is 19.0. The minimum absolute atomic E-state index is 0.273. The van der Waals surface area contributed by atoms with E-state index in [1.807, 2.05) is 19.9 Å². The molecular formula is C27H29FN2O3. The number of amides is 1. The van der Waals surface area contributed by atoms with Crippen LogP contribution in [0.25, 0.3) is 11.1 Å². The summed E-state index contributed by atoms with van der Waals surface area (Å²) in [5.74, 6) is 0.507. The standard InChI is InChI=1S/C27H29FN2O3/c1-27(2)22(14-24(33-27)25-21-13-20(28)7-8-23(21)30-26(25)31)19-5-3-17(4-6-19)15-29-16-18-9-11-32-12-10-18/h3-8,13-14,18,29H,9-12,15-16H2,1-2H3,(H,30,31)/b25-24+.